The molecule has 0 fully saturated rings. The fraction of sp³-hybridized carbons (Fsp3) is 0.0769. The lowest BCUT2D eigenvalue weighted by Gasteiger charge is -2.09. The lowest BCUT2D eigenvalue weighted by Crippen LogP contribution is -1.96. The van der Waals surface area contributed by atoms with Crippen LogP contribution in [0.15, 0.2) is 40.9 Å². The zero-order valence-corrected chi connectivity index (χ0v) is 13.1. The minimum atomic E-state index is -0.579. The first-order chi connectivity index (χ1) is 9.52. The third-order valence-electron chi connectivity index (χ3n) is 2.51. The minimum Gasteiger partial charge on any atom is -0.446 e. The van der Waals surface area contributed by atoms with Crippen molar-refractivity contribution in [2.75, 3.05) is 0 Å². The Morgan fingerprint density at radius 1 is 1.30 bits per heavy atom. The lowest BCUT2D eigenvalue weighted by atomic mass is 10.2. The van der Waals surface area contributed by atoms with Crippen molar-refractivity contribution in [3.05, 3.63) is 62.4 Å². The van der Waals surface area contributed by atoms with Gasteiger partial charge < -0.3 is 4.74 Å². The predicted molar refractivity (Wildman–Crippen MR) is 79.9 cm³/mol. The maximum absolute atomic E-state index is 13.9. The molecule has 2 aromatic carbocycles. The summed E-state index contributed by atoms with van der Waals surface area (Å²) < 4.78 is 19.6. The number of benzene rings is 2. The first-order valence-corrected chi connectivity index (χ1v) is 7.39. The predicted octanol–water partition coefficient (Wildman–Crippen LogP) is 5.18. The van der Waals surface area contributed by atoms with Gasteiger partial charge in [0.15, 0.2) is 11.6 Å². The molecule has 0 heterocycles. The molecule has 0 saturated heterocycles. The molecule has 0 radical (unpaired) electrons. The summed E-state index contributed by atoms with van der Waals surface area (Å²) in [5.74, 6) is -0.667. The molecule has 20 heavy (non-hydrogen) atoms. The molecule has 0 aromatic heterocycles. The normalized spacial score (nSPS) is 10.3. The molecule has 0 aliphatic rings. The second-order valence-electron chi connectivity index (χ2n) is 3.85. The van der Waals surface area contributed by atoms with Crippen LogP contribution in [0.4, 0.5) is 10.1 Å². The number of hydrogen-bond acceptors (Lipinski definition) is 3. The van der Waals surface area contributed by atoms with E-state index in [4.69, 9.17) is 4.74 Å². The Labute approximate surface area is 131 Å². The van der Waals surface area contributed by atoms with Gasteiger partial charge in [-0.2, -0.15) is 0 Å². The molecular weight excluding hydrogens is 397 g/mol. The summed E-state index contributed by atoms with van der Waals surface area (Å²) in [6, 6.07) is 8.83. The van der Waals surface area contributed by atoms with E-state index in [2.05, 4.69) is 31.9 Å². The average molecular weight is 405 g/mol. The molecule has 0 aliphatic heterocycles. The number of ether oxygens (including phenoxy) is 1. The van der Waals surface area contributed by atoms with Gasteiger partial charge in [0, 0.05) is 11.4 Å². The van der Waals surface area contributed by atoms with Gasteiger partial charge in [-0.05, 0) is 39.7 Å². The van der Waals surface area contributed by atoms with Crippen molar-refractivity contribution in [2.45, 2.75) is 5.33 Å². The van der Waals surface area contributed by atoms with Crippen molar-refractivity contribution in [2.24, 2.45) is 0 Å². The molecule has 7 heteroatoms. The summed E-state index contributed by atoms with van der Waals surface area (Å²) in [6.07, 6.45) is 0. The maximum atomic E-state index is 13.9. The topological polar surface area (TPSA) is 52.4 Å². The van der Waals surface area contributed by atoms with E-state index in [0.29, 0.717) is 9.80 Å². The molecule has 0 unspecified atom stereocenters. The van der Waals surface area contributed by atoms with Gasteiger partial charge in [0.25, 0.3) is 0 Å². The SMILES string of the molecule is O=[N+]([O-])c1cccc(Br)c1Oc1ccc(CBr)cc1F. The first-order valence-electron chi connectivity index (χ1n) is 5.48. The van der Waals surface area contributed by atoms with Gasteiger partial charge in [0.2, 0.25) is 5.75 Å². The molecule has 0 saturated carbocycles. The molecule has 4 nitrogen and oxygen atoms in total. The number of nitro benzene ring substituents is 1. The Hall–Kier alpha value is -1.47. The summed E-state index contributed by atoms with van der Waals surface area (Å²) in [4.78, 5) is 10.4. The molecule has 104 valence electrons. The summed E-state index contributed by atoms with van der Waals surface area (Å²) in [7, 11) is 0. The standard InChI is InChI=1S/C13H8Br2FNO3/c14-7-8-4-5-12(10(16)6-8)20-13-9(15)2-1-3-11(13)17(18)19/h1-6H,7H2. The van der Waals surface area contributed by atoms with E-state index in [0.717, 1.165) is 5.56 Å². The zero-order valence-electron chi connectivity index (χ0n) is 9.98. The van der Waals surface area contributed by atoms with Crippen molar-refractivity contribution in [3.8, 4) is 11.5 Å². The summed E-state index contributed by atoms with van der Waals surface area (Å²) >= 11 is 6.39. The highest BCUT2D eigenvalue weighted by atomic mass is 79.9. The zero-order chi connectivity index (χ0) is 14.7. The van der Waals surface area contributed by atoms with Crippen molar-refractivity contribution < 1.29 is 14.1 Å². The van der Waals surface area contributed by atoms with Crippen molar-refractivity contribution in [1.29, 1.82) is 0 Å². The molecule has 2 aromatic rings. The second-order valence-corrected chi connectivity index (χ2v) is 5.26. The molecule has 0 N–H and O–H groups in total. The number of nitro groups is 1. The van der Waals surface area contributed by atoms with Crippen LogP contribution < -0.4 is 4.74 Å². The van der Waals surface area contributed by atoms with Crippen LogP contribution in [0.3, 0.4) is 0 Å². The molecule has 0 amide bonds. The van der Waals surface area contributed by atoms with E-state index in [1.807, 2.05) is 0 Å². The van der Waals surface area contributed by atoms with Crippen LogP contribution in [0, 0.1) is 15.9 Å². The van der Waals surface area contributed by atoms with E-state index in [9.17, 15) is 14.5 Å². The van der Waals surface area contributed by atoms with Crippen LogP contribution in [0.1, 0.15) is 5.56 Å². The molecule has 2 rings (SSSR count). The highest BCUT2D eigenvalue weighted by Gasteiger charge is 2.20. The van der Waals surface area contributed by atoms with Crippen LogP contribution in [0.2, 0.25) is 0 Å². The number of para-hydroxylation sites is 1. The van der Waals surface area contributed by atoms with E-state index < -0.39 is 10.7 Å². The Morgan fingerprint density at radius 3 is 2.65 bits per heavy atom. The Morgan fingerprint density at radius 2 is 2.05 bits per heavy atom. The highest BCUT2D eigenvalue weighted by molar-refractivity contribution is 9.10. The lowest BCUT2D eigenvalue weighted by molar-refractivity contribution is -0.385. The summed E-state index contributed by atoms with van der Waals surface area (Å²) in [5.41, 5.74) is 0.514. The largest absolute Gasteiger partial charge is 0.446 e. The van der Waals surface area contributed by atoms with Crippen molar-refractivity contribution in [1.82, 2.24) is 0 Å². The fourth-order valence-corrected chi connectivity index (χ4v) is 2.35. The molecule has 0 spiro atoms. The quantitative estimate of drug-likeness (QED) is 0.400. The Balaban J connectivity index is 2.42. The van der Waals surface area contributed by atoms with Gasteiger partial charge in [0.05, 0.1) is 9.40 Å². The van der Waals surface area contributed by atoms with Gasteiger partial charge in [-0.3, -0.25) is 10.1 Å². The van der Waals surface area contributed by atoms with Gasteiger partial charge in [-0.15, -0.1) is 0 Å². The van der Waals surface area contributed by atoms with Gasteiger partial charge >= 0.3 is 5.69 Å². The van der Waals surface area contributed by atoms with E-state index in [1.54, 1.807) is 12.1 Å². The second kappa shape index (κ2) is 6.32. The van der Waals surface area contributed by atoms with Crippen molar-refractivity contribution in [3.63, 3.8) is 0 Å². The molecule has 0 aliphatic carbocycles. The summed E-state index contributed by atoms with van der Waals surface area (Å²) in [6.45, 7) is 0. The monoisotopic (exact) mass is 403 g/mol. The van der Waals surface area contributed by atoms with Crippen molar-refractivity contribution >= 4 is 37.5 Å². The first kappa shape index (κ1) is 14.9. The number of nitrogens with zero attached hydrogens (tertiary/aromatic N) is 1. The minimum absolute atomic E-state index is 0.0250. The number of rotatable bonds is 4. The fourth-order valence-electron chi connectivity index (χ4n) is 1.56. The van der Waals surface area contributed by atoms with Gasteiger partial charge in [-0.1, -0.05) is 28.1 Å². The Bertz CT molecular complexity index is 664. The maximum Gasteiger partial charge on any atom is 0.312 e. The van der Waals surface area contributed by atoms with Crippen LogP contribution >= 0.6 is 31.9 Å². The van der Waals surface area contributed by atoms with E-state index >= 15 is 0 Å². The van der Waals surface area contributed by atoms with E-state index in [-0.39, 0.29) is 17.2 Å². The number of halogens is 3. The van der Waals surface area contributed by atoms with Crippen LogP contribution in [-0.2, 0) is 5.33 Å². The highest BCUT2D eigenvalue weighted by Crippen LogP contribution is 2.38. The van der Waals surface area contributed by atoms with Crippen LogP contribution in [-0.4, -0.2) is 4.92 Å². The van der Waals surface area contributed by atoms with Crippen LogP contribution in [0.25, 0.3) is 0 Å². The van der Waals surface area contributed by atoms with Gasteiger partial charge in [-0.25, -0.2) is 4.39 Å². The van der Waals surface area contributed by atoms with Gasteiger partial charge in [0.1, 0.15) is 0 Å². The Kier molecular flexibility index (Phi) is 4.72. The summed E-state index contributed by atoms with van der Waals surface area (Å²) in [5, 5.41) is 11.5. The third kappa shape index (κ3) is 3.16. The van der Waals surface area contributed by atoms with Crippen LogP contribution in [0.5, 0.6) is 11.5 Å². The molecule has 0 bridgehead atoms. The number of hydrogen-bond donors (Lipinski definition) is 0. The smallest absolute Gasteiger partial charge is 0.312 e. The van der Waals surface area contributed by atoms with E-state index in [1.165, 1.54) is 24.3 Å². The molecular formula is C13H8Br2FNO3. The number of alkyl halides is 1. The molecule has 0 atom stereocenters. The average Bonchev–Trinajstić information content (AvgIpc) is 2.42. The third-order valence-corrected chi connectivity index (χ3v) is 3.78.